The van der Waals surface area contributed by atoms with Crippen LogP contribution in [0.5, 0.6) is 5.75 Å². The molecule has 0 aliphatic heterocycles. The van der Waals surface area contributed by atoms with Crippen LogP contribution in [0.2, 0.25) is 0 Å². The van der Waals surface area contributed by atoms with Crippen molar-refractivity contribution in [1.82, 2.24) is 0 Å². The van der Waals surface area contributed by atoms with Gasteiger partial charge in [0, 0.05) is 22.3 Å². The number of hydrogen-bond acceptors (Lipinski definition) is 10. The molecule has 45 heavy (non-hydrogen) atoms. The molecule has 4 bridgehead atoms. The number of allylic oxidation sites excluding steroid dienone is 5. The maximum absolute atomic E-state index is 11.4. The number of carbonyl (C=O) groups excluding carboxylic acids is 2. The topological polar surface area (TPSA) is 108 Å². The lowest BCUT2D eigenvalue weighted by Crippen LogP contribution is -2.36. The fraction of sp³-hybridized carbons (Fsp3) is 0.486. The summed E-state index contributed by atoms with van der Waals surface area (Å²) in [4.78, 5) is 22.7. The van der Waals surface area contributed by atoms with Gasteiger partial charge in [0.15, 0.2) is 0 Å². The Labute approximate surface area is 265 Å². The highest BCUT2D eigenvalue weighted by atomic mass is 16.6. The van der Waals surface area contributed by atoms with Crippen LogP contribution in [0.3, 0.4) is 0 Å². The largest absolute Gasteiger partial charge is 0.491 e. The molecular formula is C35H44O10. The zero-order chi connectivity index (χ0) is 32.2. The van der Waals surface area contributed by atoms with Gasteiger partial charge in [0.2, 0.25) is 0 Å². The van der Waals surface area contributed by atoms with E-state index < -0.39 is 11.9 Å². The van der Waals surface area contributed by atoms with Crippen molar-refractivity contribution < 1.29 is 47.5 Å². The summed E-state index contributed by atoms with van der Waals surface area (Å²) in [6, 6.07) is 6.45. The van der Waals surface area contributed by atoms with Crippen molar-refractivity contribution in [1.29, 1.82) is 0 Å². The van der Waals surface area contributed by atoms with E-state index >= 15 is 0 Å². The first-order valence-corrected chi connectivity index (χ1v) is 15.3. The number of hydrogen-bond donors (Lipinski definition) is 0. The van der Waals surface area contributed by atoms with Gasteiger partial charge in [-0.3, -0.25) is 0 Å². The zero-order valence-corrected chi connectivity index (χ0v) is 26.5. The van der Waals surface area contributed by atoms with E-state index in [2.05, 4.69) is 56.5 Å². The van der Waals surface area contributed by atoms with Crippen molar-refractivity contribution in [2.75, 3.05) is 79.3 Å². The Morgan fingerprint density at radius 3 is 1.78 bits per heavy atom. The van der Waals surface area contributed by atoms with Crippen molar-refractivity contribution in [3.8, 4) is 5.75 Å². The molecule has 1 aromatic rings. The van der Waals surface area contributed by atoms with E-state index in [1.54, 1.807) is 13.8 Å². The van der Waals surface area contributed by atoms with Gasteiger partial charge in [0.1, 0.15) is 37.9 Å². The molecule has 2 atom stereocenters. The minimum Gasteiger partial charge on any atom is -0.491 e. The van der Waals surface area contributed by atoms with Crippen LogP contribution in [-0.2, 0) is 48.2 Å². The number of esters is 2. The number of carbonyl (C=O) groups is 2. The van der Waals surface area contributed by atoms with Gasteiger partial charge in [0.25, 0.3) is 0 Å². The standard InChI is InChI=1S/C35H44O10/c1-24(2)33(36)44-20-16-40-12-10-38-14-18-42-31-22-27-6-8-29(31)35(26(27)5)28-7-9-30(35)32(23-28)43-19-15-39-11-13-41-17-21-45-34(37)25(3)4/h6-9,22-23,26H,1,3,10-21H2,2,4-5H3. The van der Waals surface area contributed by atoms with Gasteiger partial charge in [-0.05, 0) is 43.0 Å². The lowest BCUT2D eigenvalue weighted by atomic mass is 9.60. The third-order valence-corrected chi connectivity index (χ3v) is 7.77. The second-order valence-electron chi connectivity index (χ2n) is 11.0. The monoisotopic (exact) mass is 624 g/mol. The normalized spacial score (nSPS) is 18.8. The molecule has 0 amide bonds. The first-order valence-electron chi connectivity index (χ1n) is 15.3. The Morgan fingerprint density at radius 2 is 1.22 bits per heavy atom. The molecule has 0 heterocycles. The molecule has 0 N–H and O–H groups in total. The molecular weight excluding hydrogens is 580 g/mol. The second kappa shape index (κ2) is 16.6. The highest BCUT2D eigenvalue weighted by Crippen LogP contribution is 2.63. The fourth-order valence-electron chi connectivity index (χ4n) is 5.59. The average Bonchev–Trinajstić information content (AvgIpc) is 3.53. The summed E-state index contributed by atoms with van der Waals surface area (Å²) in [5, 5.41) is 0. The van der Waals surface area contributed by atoms with Crippen LogP contribution in [0.4, 0.5) is 0 Å². The molecule has 5 rings (SSSR count). The van der Waals surface area contributed by atoms with Gasteiger partial charge in [-0.15, -0.1) is 0 Å². The summed E-state index contributed by atoms with van der Waals surface area (Å²) in [6.07, 6.45) is 6.45. The van der Waals surface area contributed by atoms with Gasteiger partial charge in [0.05, 0.1) is 58.3 Å². The van der Waals surface area contributed by atoms with E-state index in [4.69, 9.17) is 37.9 Å². The molecule has 4 aliphatic rings. The van der Waals surface area contributed by atoms with E-state index in [-0.39, 0.29) is 24.5 Å². The smallest absolute Gasteiger partial charge is 0.333 e. The molecule has 244 valence electrons. The third-order valence-electron chi connectivity index (χ3n) is 7.77. The molecule has 0 fully saturated rings. The van der Waals surface area contributed by atoms with E-state index in [9.17, 15) is 9.59 Å². The summed E-state index contributed by atoms with van der Waals surface area (Å²) in [6.45, 7) is 16.8. The van der Waals surface area contributed by atoms with Crippen LogP contribution in [-0.4, -0.2) is 91.2 Å². The van der Waals surface area contributed by atoms with E-state index in [1.807, 2.05) is 0 Å². The maximum atomic E-state index is 11.4. The third kappa shape index (κ3) is 8.32. The average molecular weight is 625 g/mol. The van der Waals surface area contributed by atoms with Crippen LogP contribution in [0.15, 0.2) is 77.6 Å². The molecule has 0 aromatic heterocycles. The van der Waals surface area contributed by atoms with Crippen molar-refractivity contribution in [3.05, 3.63) is 88.8 Å². The van der Waals surface area contributed by atoms with E-state index in [1.165, 1.54) is 11.1 Å². The first kappa shape index (κ1) is 34.2. The van der Waals surface area contributed by atoms with Crippen molar-refractivity contribution in [3.63, 3.8) is 0 Å². The second-order valence-corrected chi connectivity index (χ2v) is 11.0. The molecule has 0 saturated carbocycles. The zero-order valence-electron chi connectivity index (χ0n) is 26.5. The lowest BCUT2D eigenvalue weighted by molar-refractivity contribution is -0.141. The maximum Gasteiger partial charge on any atom is 0.333 e. The van der Waals surface area contributed by atoms with E-state index in [0.717, 1.165) is 22.6 Å². The molecule has 4 aliphatic carbocycles. The Kier molecular flexibility index (Phi) is 12.6. The van der Waals surface area contributed by atoms with Gasteiger partial charge in [-0.2, -0.15) is 0 Å². The molecule has 1 aromatic carbocycles. The SMILES string of the molecule is C=C(C)C(=O)OCCOCCOCCOC1=C2C=CC(=C1)C21c2ccc(cc2OCCOCCOCCOC(=O)C(=C)C)C1C. The quantitative estimate of drug-likeness (QED) is 0.104. The predicted molar refractivity (Wildman–Crippen MR) is 167 cm³/mol. The van der Waals surface area contributed by atoms with Crippen molar-refractivity contribution in [2.24, 2.45) is 0 Å². The summed E-state index contributed by atoms with van der Waals surface area (Å²) in [5.41, 5.74) is 5.11. The molecule has 10 heteroatoms. The van der Waals surface area contributed by atoms with Gasteiger partial charge in [-0.25, -0.2) is 9.59 Å². The van der Waals surface area contributed by atoms with Crippen LogP contribution in [0.1, 0.15) is 37.8 Å². The van der Waals surface area contributed by atoms with Crippen LogP contribution < -0.4 is 4.74 Å². The Bertz CT molecular complexity index is 1340. The number of fused-ring (bicyclic) bond motifs is 2. The molecule has 2 unspecified atom stereocenters. The van der Waals surface area contributed by atoms with Crippen LogP contribution >= 0.6 is 0 Å². The Morgan fingerprint density at radius 1 is 0.711 bits per heavy atom. The summed E-state index contributed by atoms with van der Waals surface area (Å²) >= 11 is 0. The summed E-state index contributed by atoms with van der Waals surface area (Å²) in [5.74, 6) is 1.13. The lowest BCUT2D eigenvalue weighted by Gasteiger charge is -2.42. The predicted octanol–water partition coefficient (Wildman–Crippen LogP) is 4.51. The minimum absolute atomic E-state index is 0.185. The Balaban J connectivity index is 1.17. The first-order chi connectivity index (χ1) is 21.8. The summed E-state index contributed by atoms with van der Waals surface area (Å²) < 4.78 is 44.6. The van der Waals surface area contributed by atoms with Crippen LogP contribution in [0, 0.1) is 0 Å². The highest BCUT2D eigenvalue weighted by Gasteiger charge is 2.54. The van der Waals surface area contributed by atoms with Gasteiger partial charge in [-0.1, -0.05) is 44.4 Å². The molecule has 0 radical (unpaired) electrons. The number of benzene rings is 1. The molecule has 10 nitrogen and oxygen atoms in total. The molecule has 1 spiro atoms. The molecule has 0 saturated heterocycles. The van der Waals surface area contributed by atoms with Crippen molar-refractivity contribution in [2.45, 2.75) is 32.1 Å². The van der Waals surface area contributed by atoms with Crippen molar-refractivity contribution >= 4 is 11.9 Å². The van der Waals surface area contributed by atoms with E-state index in [0.29, 0.717) is 77.2 Å². The fourth-order valence-corrected chi connectivity index (χ4v) is 5.59. The van der Waals surface area contributed by atoms with Gasteiger partial charge >= 0.3 is 11.9 Å². The van der Waals surface area contributed by atoms with Gasteiger partial charge < -0.3 is 37.9 Å². The Hall–Kier alpha value is -3.70. The van der Waals surface area contributed by atoms with Crippen LogP contribution in [0.25, 0.3) is 0 Å². The number of rotatable bonds is 22. The summed E-state index contributed by atoms with van der Waals surface area (Å²) in [7, 11) is 0. The number of ether oxygens (including phenoxy) is 8. The minimum atomic E-state index is -0.417. The highest BCUT2D eigenvalue weighted by molar-refractivity contribution is 5.87.